The lowest BCUT2D eigenvalue weighted by Gasteiger charge is -2.08. The van der Waals surface area contributed by atoms with E-state index in [1.54, 1.807) is 6.07 Å². The Hall–Kier alpha value is -1.35. The lowest BCUT2D eigenvalue weighted by atomic mass is 10.0. The maximum Gasteiger partial charge on any atom is 0.168 e. The van der Waals surface area contributed by atoms with Crippen LogP contribution in [0.3, 0.4) is 0 Å². The molecule has 106 valence electrons. The number of nitrogens with one attached hydrogen (secondary N) is 1. The van der Waals surface area contributed by atoms with Gasteiger partial charge in [0.1, 0.15) is 0 Å². The van der Waals surface area contributed by atoms with Gasteiger partial charge in [-0.15, -0.1) is 0 Å². The zero-order valence-corrected chi connectivity index (χ0v) is 12.1. The van der Waals surface area contributed by atoms with Crippen LogP contribution in [0.25, 0.3) is 0 Å². The van der Waals surface area contributed by atoms with Crippen LogP contribution in [0.2, 0.25) is 0 Å². The second-order valence-electron chi connectivity index (χ2n) is 4.70. The fourth-order valence-electron chi connectivity index (χ4n) is 1.95. The average Bonchev–Trinajstić information content (AvgIpc) is 2.41. The molecule has 0 heterocycles. The Bertz CT molecular complexity index is 415. The second-order valence-corrected chi connectivity index (χ2v) is 4.70. The monoisotopic (exact) mass is 265 g/mol. The molecule has 2 nitrogen and oxygen atoms in total. The minimum atomic E-state index is -0.248. The Morgan fingerprint density at radius 3 is 2.84 bits per heavy atom. The third-order valence-corrected chi connectivity index (χ3v) is 2.97. The van der Waals surface area contributed by atoms with Crippen LogP contribution >= 0.6 is 0 Å². The van der Waals surface area contributed by atoms with Crippen LogP contribution in [-0.2, 0) is 6.42 Å². The van der Waals surface area contributed by atoms with Crippen LogP contribution in [0.15, 0.2) is 29.8 Å². The number of rotatable bonds is 8. The number of methoxy groups -OCH3 is 1. The third-order valence-electron chi connectivity index (χ3n) is 2.97. The molecule has 0 saturated carbocycles. The quantitative estimate of drug-likeness (QED) is 0.571. The van der Waals surface area contributed by atoms with Crippen molar-refractivity contribution in [3.05, 3.63) is 41.2 Å². The molecule has 1 aromatic rings. The van der Waals surface area contributed by atoms with E-state index in [4.69, 9.17) is 4.74 Å². The summed E-state index contributed by atoms with van der Waals surface area (Å²) in [5.41, 5.74) is 1.88. The molecule has 1 N–H and O–H groups in total. The minimum absolute atomic E-state index is 0.248. The normalized spacial score (nSPS) is 11.7. The zero-order valence-electron chi connectivity index (χ0n) is 12.1. The molecule has 0 bridgehead atoms. The van der Waals surface area contributed by atoms with Gasteiger partial charge in [0.05, 0.1) is 7.11 Å². The van der Waals surface area contributed by atoms with E-state index in [-0.39, 0.29) is 5.82 Å². The van der Waals surface area contributed by atoms with Crippen molar-refractivity contribution in [2.75, 3.05) is 20.2 Å². The van der Waals surface area contributed by atoms with Crippen molar-refractivity contribution in [2.45, 2.75) is 33.1 Å². The summed E-state index contributed by atoms with van der Waals surface area (Å²) in [7, 11) is 1.49. The van der Waals surface area contributed by atoms with Crippen molar-refractivity contribution in [3.8, 4) is 5.75 Å². The van der Waals surface area contributed by atoms with Crippen LogP contribution < -0.4 is 10.1 Å². The van der Waals surface area contributed by atoms with Crippen molar-refractivity contribution < 1.29 is 9.13 Å². The fourth-order valence-corrected chi connectivity index (χ4v) is 1.95. The van der Waals surface area contributed by atoms with Gasteiger partial charge in [0.25, 0.3) is 0 Å². The molecule has 3 heteroatoms. The Kier molecular flexibility index (Phi) is 7.19. The van der Waals surface area contributed by atoms with Gasteiger partial charge in [-0.05, 0) is 50.9 Å². The summed E-state index contributed by atoms with van der Waals surface area (Å²) >= 11 is 0. The summed E-state index contributed by atoms with van der Waals surface area (Å²) in [6.45, 7) is 6.22. The zero-order chi connectivity index (χ0) is 14.1. The molecule has 0 aliphatic heterocycles. The molecule has 1 rings (SSSR count). The van der Waals surface area contributed by atoms with Crippen LogP contribution in [-0.4, -0.2) is 20.2 Å². The van der Waals surface area contributed by atoms with Crippen molar-refractivity contribution in [3.63, 3.8) is 0 Å². The van der Waals surface area contributed by atoms with Gasteiger partial charge in [0.15, 0.2) is 11.6 Å². The topological polar surface area (TPSA) is 21.3 Å². The maximum absolute atomic E-state index is 14.0. The van der Waals surface area contributed by atoms with E-state index >= 15 is 0 Å². The van der Waals surface area contributed by atoms with Crippen molar-refractivity contribution in [1.82, 2.24) is 5.32 Å². The van der Waals surface area contributed by atoms with Crippen LogP contribution in [0.1, 0.15) is 32.3 Å². The van der Waals surface area contributed by atoms with Gasteiger partial charge >= 0.3 is 0 Å². The summed E-state index contributed by atoms with van der Waals surface area (Å²) in [5, 5.41) is 3.35. The van der Waals surface area contributed by atoms with Gasteiger partial charge in [0.2, 0.25) is 0 Å². The highest BCUT2D eigenvalue weighted by Crippen LogP contribution is 2.22. The van der Waals surface area contributed by atoms with Gasteiger partial charge in [-0.3, -0.25) is 0 Å². The van der Waals surface area contributed by atoms with Gasteiger partial charge in [-0.2, -0.15) is 0 Å². The van der Waals surface area contributed by atoms with Crippen molar-refractivity contribution in [1.29, 1.82) is 0 Å². The first-order valence-corrected chi connectivity index (χ1v) is 6.86. The first-order chi connectivity index (χ1) is 9.19. The predicted molar refractivity (Wildman–Crippen MR) is 78.2 cm³/mol. The summed E-state index contributed by atoms with van der Waals surface area (Å²) in [6, 6.07) is 5.28. The van der Waals surface area contributed by atoms with Gasteiger partial charge in [0, 0.05) is 0 Å². The molecular formula is C16H24FNO. The Morgan fingerprint density at radius 2 is 2.16 bits per heavy atom. The van der Waals surface area contributed by atoms with Crippen LogP contribution in [0.5, 0.6) is 5.75 Å². The Labute approximate surface area is 115 Å². The number of hydrogen-bond acceptors (Lipinski definition) is 2. The maximum atomic E-state index is 14.0. The first-order valence-electron chi connectivity index (χ1n) is 6.86. The van der Waals surface area contributed by atoms with E-state index in [9.17, 15) is 4.39 Å². The third kappa shape index (κ3) is 5.43. The number of allylic oxidation sites excluding steroid dienone is 1. The molecule has 0 aliphatic carbocycles. The molecular weight excluding hydrogens is 241 g/mol. The molecule has 0 atom stereocenters. The SMILES string of the molecule is CCCNCC/C=C(/C)Cc1cccc(OC)c1F. The standard InChI is InChI=1S/C16H24FNO/c1-4-10-18-11-6-7-13(2)12-14-8-5-9-15(19-3)16(14)17/h5,7-9,18H,4,6,10-12H2,1-3H3/b13-7-. The van der Waals surface area contributed by atoms with Crippen molar-refractivity contribution >= 4 is 0 Å². The molecule has 0 aliphatic rings. The average molecular weight is 265 g/mol. The molecule has 0 radical (unpaired) electrons. The van der Waals surface area contributed by atoms with Crippen LogP contribution in [0, 0.1) is 5.82 Å². The molecule has 0 amide bonds. The Balaban J connectivity index is 2.52. The van der Waals surface area contributed by atoms with Gasteiger partial charge in [-0.1, -0.05) is 30.7 Å². The fraction of sp³-hybridized carbons (Fsp3) is 0.500. The van der Waals surface area contributed by atoms with Gasteiger partial charge in [-0.25, -0.2) is 4.39 Å². The smallest absolute Gasteiger partial charge is 0.168 e. The summed E-state index contributed by atoms with van der Waals surface area (Å²) < 4.78 is 18.9. The number of benzene rings is 1. The molecule has 0 unspecified atom stereocenters. The number of hydrogen-bond donors (Lipinski definition) is 1. The summed E-state index contributed by atoms with van der Waals surface area (Å²) in [4.78, 5) is 0. The Morgan fingerprint density at radius 1 is 1.37 bits per heavy atom. The molecule has 0 saturated heterocycles. The summed E-state index contributed by atoms with van der Waals surface area (Å²) in [5.74, 6) is 0.0665. The predicted octanol–water partition coefficient (Wildman–Crippen LogP) is 3.71. The minimum Gasteiger partial charge on any atom is -0.494 e. The molecule has 1 aromatic carbocycles. The highest BCUT2D eigenvalue weighted by atomic mass is 19.1. The number of halogens is 1. The number of ether oxygens (including phenoxy) is 1. The van der Waals surface area contributed by atoms with E-state index < -0.39 is 0 Å². The lowest BCUT2D eigenvalue weighted by Crippen LogP contribution is -2.15. The van der Waals surface area contributed by atoms with E-state index in [0.29, 0.717) is 17.7 Å². The molecule has 0 aromatic heterocycles. The van der Waals surface area contributed by atoms with Crippen LogP contribution in [0.4, 0.5) is 4.39 Å². The molecule has 19 heavy (non-hydrogen) atoms. The summed E-state index contributed by atoms with van der Waals surface area (Å²) in [6.07, 6.45) is 4.94. The highest BCUT2D eigenvalue weighted by molar-refractivity contribution is 5.33. The van der Waals surface area contributed by atoms with E-state index in [0.717, 1.165) is 25.9 Å². The van der Waals surface area contributed by atoms with Gasteiger partial charge < -0.3 is 10.1 Å². The first kappa shape index (κ1) is 15.7. The largest absolute Gasteiger partial charge is 0.494 e. The van der Waals surface area contributed by atoms with E-state index in [1.807, 2.05) is 19.1 Å². The van der Waals surface area contributed by atoms with Crippen molar-refractivity contribution in [2.24, 2.45) is 0 Å². The van der Waals surface area contributed by atoms with E-state index in [2.05, 4.69) is 18.3 Å². The molecule has 0 fully saturated rings. The lowest BCUT2D eigenvalue weighted by molar-refractivity contribution is 0.384. The molecule has 0 spiro atoms. The van der Waals surface area contributed by atoms with E-state index in [1.165, 1.54) is 12.7 Å². The highest BCUT2D eigenvalue weighted by Gasteiger charge is 2.08. The second kappa shape index (κ2) is 8.70.